The van der Waals surface area contributed by atoms with Gasteiger partial charge in [0.1, 0.15) is 23.8 Å². The van der Waals surface area contributed by atoms with Gasteiger partial charge in [-0.2, -0.15) is 0 Å². The molecular formula is C26H27F2N7O. The quantitative estimate of drug-likeness (QED) is 0.418. The Morgan fingerprint density at radius 3 is 2.64 bits per heavy atom. The highest BCUT2D eigenvalue weighted by atomic mass is 19.2. The molecule has 5 rings (SSSR count). The van der Waals surface area contributed by atoms with E-state index < -0.39 is 11.6 Å². The second kappa shape index (κ2) is 8.85. The molecule has 4 aromatic rings. The van der Waals surface area contributed by atoms with Gasteiger partial charge in [0, 0.05) is 43.4 Å². The number of nitrogens with zero attached hydrogens (tertiary/aromatic N) is 6. The van der Waals surface area contributed by atoms with Crippen molar-refractivity contribution in [3.63, 3.8) is 0 Å². The van der Waals surface area contributed by atoms with Gasteiger partial charge in [-0.15, -0.1) is 0 Å². The molecule has 3 aromatic heterocycles. The van der Waals surface area contributed by atoms with Crippen LogP contribution in [-0.4, -0.2) is 45.2 Å². The Balaban J connectivity index is 1.56. The summed E-state index contributed by atoms with van der Waals surface area (Å²) in [5, 5.41) is 3.17. The van der Waals surface area contributed by atoms with Crippen molar-refractivity contribution in [3.05, 3.63) is 77.3 Å². The average molecular weight is 492 g/mol. The molecule has 0 fully saturated rings. The third kappa shape index (κ3) is 4.02. The summed E-state index contributed by atoms with van der Waals surface area (Å²) in [5.74, 6) is 1.16. The fourth-order valence-electron chi connectivity index (χ4n) is 4.66. The Hall–Kier alpha value is -4.08. The maximum Gasteiger partial charge on any atom is 0.182 e. The van der Waals surface area contributed by atoms with Crippen LogP contribution in [0.4, 0.5) is 26.1 Å². The lowest BCUT2D eigenvalue weighted by atomic mass is 9.88. The van der Waals surface area contributed by atoms with Crippen molar-refractivity contribution in [1.29, 1.82) is 0 Å². The smallest absolute Gasteiger partial charge is 0.182 e. The highest BCUT2D eigenvalue weighted by molar-refractivity contribution is 5.74. The van der Waals surface area contributed by atoms with E-state index in [0.717, 1.165) is 22.9 Å². The number of hydrogen-bond donors (Lipinski definition) is 1. The van der Waals surface area contributed by atoms with Crippen molar-refractivity contribution in [2.45, 2.75) is 32.6 Å². The van der Waals surface area contributed by atoms with Gasteiger partial charge in [0.05, 0.1) is 18.5 Å². The number of fused-ring (bicyclic) bond motifs is 1. The van der Waals surface area contributed by atoms with Crippen molar-refractivity contribution in [2.24, 2.45) is 0 Å². The summed E-state index contributed by atoms with van der Waals surface area (Å²) in [6.45, 7) is 6.42. The normalized spacial score (nSPS) is 14.1. The van der Waals surface area contributed by atoms with E-state index in [2.05, 4.69) is 15.3 Å². The molecule has 0 saturated heterocycles. The van der Waals surface area contributed by atoms with Crippen LogP contribution in [0.2, 0.25) is 0 Å². The van der Waals surface area contributed by atoms with Crippen molar-refractivity contribution >= 4 is 17.3 Å². The maximum atomic E-state index is 14.8. The minimum Gasteiger partial charge on any atom is -0.493 e. The number of halogens is 2. The topological polar surface area (TPSA) is 81.0 Å². The largest absolute Gasteiger partial charge is 0.493 e. The van der Waals surface area contributed by atoms with Crippen molar-refractivity contribution in [3.8, 4) is 11.6 Å². The van der Waals surface area contributed by atoms with Gasteiger partial charge in [0.2, 0.25) is 0 Å². The van der Waals surface area contributed by atoms with Crippen LogP contribution in [0, 0.1) is 18.6 Å². The number of pyridine rings is 1. The Labute approximate surface area is 208 Å². The minimum atomic E-state index is -0.897. The molecule has 0 unspecified atom stereocenters. The van der Waals surface area contributed by atoms with E-state index in [-0.39, 0.29) is 11.1 Å². The fraction of sp³-hybridized carbons (Fsp3) is 0.308. The van der Waals surface area contributed by atoms with E-state index in [1.807, 2.05) is 33.0 Å². The first kappa shape index (κ1) is 23.7. The van der Waals surface area contributed by atoms with Crippen LogP contribution in [0.25, 0.3) is 5.82 Å². The first-order chi connectivity index (χ1) is 17.2. The number of hydrogen-bond acceptors (Lipinski definition) is 7. The molecule has 0 bridgehead atoms. The van der Waals surface area contributed by atoms with E-state index >= 15 is 0 Å². The Morgan fingerprint density at radius 2 is 1.94 bits per heavy atom. The summed E-state index contributed by atoms with van der Waals surface area (Å²) in [6.07, 6.45) is 5.67. The molecule has 0 aliphatic carbocycles. The third-order valence-electron chi connectivity index (χ3n) is 6.31. The second-order valence-electron chi connectivity index (χ2n) is 9.45. The third-order valence-corrected chi connectivity index (χ3v) is 6.31. The van der Waals surface area contributed by atoms with Crippen LogP contribution < -0.4 is 15.0 Å². The molecule has 1 aliphatic heterocycles. The van der Waals surface area contributed by atoms with E-state index in [1.165, 1.54) is 6.07 Å². The number of aryl methyl sites for hydroxylation is 1. The molecule has 0 atom stereocenters. The molecule has 4 heterocycles. The van der Waals surface area contributed by atoms with Crippen molar-refractivity contribution in [1.82, 2.24) is 24.5 Å². The Kier molecular flexibility index (Phi) is 5.82. The number of nitrogens with one attached hydrogen (secondary N) is 1. The molecule has 0 radical (unpaired) electrons. The molecule has 1 aromatic carbocycles. The number of methoxy groups -OCH3 is 1. The number of ether oxygens (including phenoxy) is 1. The molecule has 0 amide bonds. The summed E-state index contributed by atoms with van der Waals surface area (Å²) in [4.78, 5) is 20.1. The lowest BCUT2D eigenvalue weighted by Gasteiger charge is -2.22. The number of rotatable bonds is 6. The highest BCUT2D eigenvalue weighted by Crippen LogP contribution is 2.46. The summed E-state index contributed by atoms with van der Waals surface area (Å²) in [5.41, 5.74) is 2.34. The monoisotopic (exact) mass is 491 g/mol. The van der Waals surface area contributed by atoms with Gasteiger partial charge in [-0.3, -0.25) is 4.57 Å². The molecule has 0 spiro atoms. The molecule has 1 N–H and O–H groups in total. The van der Waals surface area contributed by atoms with E-state index in [0.29, 0.717) is 42.0 Å². The van der Waals surface area contributed by atoms with Gasteiger partial charge in [-0.05, 0) is 30.7 Å². The second-order valence-corrected chi connectivity index (χ2v) is 9.45. The lowest BCUT2D eigenvalue weighted by Crippen LogP contribution is -2.26. The van der Waals surface area contributed by atoms with Crippen LogP contribution in [-0.2, 0) is 11.8 Å². The molecule has 1 aliphatic rings. The predicted molar refractivity (Wildman–Crippen MR) is 133 cm³/mol. The van der Waals surface area contributed by atoms with E-state index in [9.17, 15) is 8.78 Å². The Morgan fingerprint density at radius 1 is 1.14 bits per heavy atom. The zero-order valence-electron chi connectivity index (χ0n) is 20.8. The highest BCUT2D eigenvalue weighted by Gasteiger charge is 2.41. The zero-order chi connectivity index (χ0) is 25.6. The van der Waals surface area contributed by atoms with Crippen LogP contribution >= 0.6 is 0 Å². The molecule has 0 saturated carbocycles. The summed E-state index contributed by atoms with van der Waals surface area (Å²) >= 11 is 0. The average Bonchev–Trinajstić information content (AvgIpc) is 3.40. The standard InChI is InChI=1S/C26H27F2N7O/c1-15-12-34(14-31-15)24-19(36-5)9-16(11-30-24)10-20-32-23(29-4)21-25(33-20)35(13-26(21,2)3)18-8-6-7-17(27)22(18)28/h6-9,11-12,14H,10,13H2,1-5H3,(H,29,32,33). The van der Waals surface area contributed by atoms with E-state index in [1.54, 1.807) is 42.2 Å². The van der Waals surface area contributed by atoms with Gasteiger partial charge in [0.25, 0.3) is 0 Å². The first-order valence-electron chi connectivity index (χ1n) is 11.6. The van der Waals surface area contributed by atoms with Gasteiger partial charge >= 0.3 is 0 Å². The first-order valence-corrected chi connectivity index (χ1v) is 11.6. The lowest BCUT2D eigenvalue weighted by molar-refractivity contribution is 0.410. The van der Waals surface area contributed by atoms with Crippen LogP contribution in [0.1, 0.15) is 36.5 Å². The fourth-order valence-corrected chi connectivity index (χ4v) is 4.66. The van der Waals surface area contributed by atoms with Crippen LogP contribution in [0.5, 0.6) is 5.75 Å². The predicted octanol–water partition coefficient (Wildman–Crippen LogP) is 4.71. The molecule has 10 heteroatoms. The number of anilines is 3. The summed E-state index contributed by atoms with van der Waals surface area (Å²) < 4.78 is 36.2. The molecular weight excluding hydrogens is 464 g/mol. The number of imidazole rings is 1. The van der Waals surface area contributed by atoms with Crippen molar-refractivity contribution < 1.29 is 13.5 Å². The van der Waals surface area contributed by atoms with Gasteiger partial charge in [0.15, 0.2) is 23.2 Å². The number of aromatic nitrogens is 5. The van der Waals surface area contributed by atoms with Crippen molar-refractivity contribution in [2.75, 3.05) is 30.9 Å². The van der Waals surface area contributed by atoms with Gasteiger partial charge in [-0.1, -0.05) is 19.9 Å². The van der Waals surface area contributed by atoms with Gasteiger partial charge < -0.3 is 15.0 Å². The maximum absolute atomic E-state index is 14.8. The minimum absolute atomic E-state index is 0.150. The van der Waals surface area contributed by atoms with Gasteiger partial charge in [-0.25, -0.2) is 28.7 Å². The Bertz CT molecular complexity index is 1450. The molecule has 36 heavy (non-hydrogen) atoms. The SMILES string of the molecule is CNc1nc(Cc2cnc(-n3cnc(C)c3)c(OC)c2)nc2c1C(C)(C)CN2c1cccc(F)c1F. The molecule has 8 nitrogen and oxygen atoms in total. The van der Waals surface area contributed by atoms with Crippen LogP contribution in [0.3, 0.4) is 0 Å². The summed E-state index contributed by atoms with van der Waals surface area (Å²) in [7, 11) is 3.38. The zero-order valence-corrected chi connectivity index (χ0v) is 20.8. The molecule has 186 valence electrons. The van der Waals surface area contributed by atoms with Crippen LogP contribution in [0.15, 0.2) is 43.0 Å². The summed E-state index contributed by atoms with van der Waals surface area (Å²) in [6, 6.07) is 6.07. The number of benzene rings is 1. The van der Waals surface area contributed by atoms with E-state index in [4.69, 9.17) is 14.7 Å².